The number of hydrogen-bond donors (Lipinski definition) is 2. The maximum atomic E-state index is 14.0. The smallest absolute Gasteiger partial charge is 0.125 e. The van der Waals surface area contributed by atoms with Crippen molar-refractivity contribution >= 4 is 40.3 Å². The molecule has 34 heavy (non-hydrogen) atoms. The van der Waals surface area contributed by atoms with E-state index in [4.69, 9.17) is 23.2 Å². The summed E-state index contributed by atoms with van der Waals surface area (Å²) in [7, 11) is 4.39. The summed E-state index contributed by atoms with van der Waals surface area (Å²) in [5, 5.41) is 7.99. The maximum Gasteiger partial charge on any atom is 0.125 e. The Morgan fingerprint density at radius 1 is 0.853 bits per heavy atom. The lowest BCUT2D eigenvalue weighted by Gasteiger charge is -2.30. The normalized spacial score (nSPS) is 12.0. The summed E-state index contributed by atoms with van der Waals surface area (Å²) < 4.78 is 14.8. The third-order valence-corrected chi connectivity index (χ3v) is 6.60. The molecule has 6 heteroatoms. The van der Waals surface area contributed by atoms with E-state index in [1.807, 2.05) is 18.2 Å². The maximum absolute atomic E-state index is 14.0. The fourth-order valence-corrected chi connectivity index (χ4v) is 4.24. The predicted octanol–water partition coefficient (Wildman–Crippen LogP) is 8.25. The summed E-state index contributed by atoms with van der Waals surface area (Å²) in [6, 6.07) is 19.0. The molecule has 0 bridgehead atoms. The van der Waals surface area contributed by atoms with E-state index in [-0.39, 0.29) is 11.2 Å². The van der Waals surface area contributed by atoms with Gasteiger partial charge in [0.05, 0.1) is 42.1 Å². The SMILES string of the molecule is CC(C)(C)c1ccc(Nc2ccc(F)cc2NCCC[N+](C)(C)Cc2ccc(Cl)c(Cl)c2)cc1. The van der Waals surface area contributed by atoms with Crippen LogP contribution in [-0.4, -0.2) is 31.7 Å². The van der Waals surface area contributed by atoms with Gasteiger partial charge in [0.1, 0.15) is 12.4 Å². The highest BCUT2D eigenvalue weighted by atomic mass is 35.5. The van der Waals surface area contributed by atoms with Crippen LogP contribution in [0.1, 0.15) is 38.3 Å². The molecule has 0 unspecified atom stereocenters. The van der Waals surface area contributed by atoms with Crippen molar-refractivity contribution in [3.63, 3.8) is 0 Å². The van der Waals surface area contributed by atoms with Gasteiger partial charge in [0.2, 0.25) is 0 Å². The molecule has 0 saturated heterocycles. The third-order valence-electron chi connectivity index (χ3n) is 5.86. The molecule has 0 amide bonds. The number of hydrogen-bond acceptors (Lipinski definition) is 2. The quantitative estimate of drug-likeness (QED) is 0.227. The number of nitrogens with zero attached hydrogens (tertiary/aromatic N) is 1. The van der Waals surface area contributed by atoms with Gasteiger partial charge in [0, 0.05) is 24.2 Å². The second-order valence-electron chi connectivity index (χ2n) is 10.5. The van der Waals surface area contributed by atoms with E-state index in [0.717, 1.165) is 53.2 Å². The fourth-order valence-electron chi connectivity index (χ4n) is 3.92. The van der Waals surface area contributed by atoms with Crippen LogP contribution in [0.5, 0.6) is 0 Å². The Morgan fingerprint density at radius 2 is 1.56 bits per heavy atom. The summed E-state index contributed by atoms with van der Waals surface area (Å²) in [5.41, 5.74) is 5.12. The number of quaternary nitrogens is 1. The van der Waals surface area contributed by atoms with Gasteiger partial charge in [0.15, 0.2) is 0 Å². The molecular weight excluding hydrogens is 468 g/mol. The summed E-state index contributed by atoms with van der Waals surface area (Å²) in [4.78, 5) is 0. The van der Waals surface area contributed by atoms with Crippen LogP contribution in [0.3, 0.4) is 0 Å². The predicted molar refractivity (Wildman–Crippen MR) is 145 cm³/mol. The summed E-state index contributed by atoms with van der Waals surface area (Å²) in [6.45, 7) is 9.14. The molecule has 0 spiro atoms. The molecule has 0 aliphatic carbocycles. The van der Waals surface area contributed by atoms with Gasteiger partial charge in [0.25, 0.3) is 0 Å². The van der Waals surface area contributed by atoms with Crippen molar-refractivity contribution in [2.45, 2.75) is 39.2 Å². The Hall–Kier alpha value is -2.27. The second-order valence-corrected chi connectivity index (χ2v) is 11.3. The van der Waals surface area contributed by atoms with E-state index in [1.54, 1.807) is 12.1 Å². The molecule has 3 aromatic carbocycles. The fraction of sp³-hybridized carbons (Fsp3) is 0.357. The zero-order valence-corrected chi connectivity index (χ0v) is 22.2. The van der Waals surface area contributed by atoms with Crippen molar-refractivity contribution < 1.29 is 8.87 Å². The van der Waals surface area contributed by atoms with Gasteiger partial charge in [-0.1, -0.05) is 62.2 Å². The Labute approximate surface area is 213 Å². The third kappa shape index (κ3) is 7.63. The molecule has 182 valence electrons. The minimum Gasteiger partial charge on any atom is -0.383 e. The second kappa shape index (κ2) is 11.0. The molecule has 0 aromatic heterocycles. The number of halogens is 3. The molecule has 0 aliphatic rings. The van der Waals surface area contributed by atoms with Gasteiger partial charge in [-0.3, -0.25) is 0 Å². The lowest BCUT2D eigenvalue weighted by molar-refractivity contribution is -0.903. The van der Waals surface area contributed by atoms with Gasteiger partial charge in [-0.2, -0.15) is 0 Å². The molecule has 0 atom stereocenters. The van der Waals surface area contributed by atoms with Crippen molar-refractivity contribution in [2.24, 2.45) is 0 Å². The molecule has 0 saturated carbocycles. The lowest BCUT2D eigenvalue weighted by Crippen LogP contribution is -2.40. The Kier molecular flexibility index (Phi) is 8.51. The largest absolute Gasteiger partial charge is 0.383 e. The van der Waals surface area contributed by atoms with Crippen LogP contribution in [0, 0.1) is 5.82 Å². The van der Waals surface area contributed by atoms with Gasteiger partial charge in [-0.15, -0.1) is 0 Å². The first kappa shape index (κ1) is 26.3. The minimum atomic E-state index is -0.258. The number of anilines is 3. The Balaban J connectivity index is 1.58. The zero-order chi connectivity index (χ0) is 24.9. The highest BCUT2D eigenvalue weighted by Crippen LogP contribution is 2.29. The lowest BCUT2D eigenvalue weighted by atomic mass is 9.87. The van der Waals surface area contributed by atoms with Crippen molar-refractivity contribution in [1.82, 2.24) is 0 Å². The van der Waals surface area contributed by atoms with E-state index < -0.39 is 0 Å². The van der Waals surface area contributed by atoms with Crippen molar-refractivity contribution in [1.29, 1.82) is 0 Å². The number of nitrogens with one attached hydrogen (secondary N) is 2. The van der Waals surface area contributed by atoms with Crippen LogP contribution in [0.4, 0.5) is 21.5 Å². The minimum absolute atomic E-state index is 0.104. The highest BCUT2D eigenvalue weighted by molar-refractivity contribution is 6.42. The molecule has 3 nitrogen and oxygen atoms in total. The van der Waals surface area contributed by atoms with Crippen LogP contribution in [0.2, 0.25) is 10.0 Å². The van der Waals surface area contributed by atoms with Gasteiger partial charge >= 0.3 is 0 Å². The summed E-state index contributed by atoms with van der Waals surface area (Å²) in [5.74, 6) is -0.258. The van der Waals surface area contributed by atoms with E-state index in [1.165, 1.54) is 11.6 Å². The van der Waals surface area contributed by atoms with E-state index in [9.17, 15) is 4.39 Å². The summed E-state index contributed by atoms with van der Waals surface area (Å²) >= 11 is 12.2. The molecule has 0 heterocycles. The van der Waals surface area contributed by atoms with Crippen molar-refractivity contribution in [2.75, 3.05) is 37.8 Å². The van der Waals surface area contributed by atoms with Crippen LogP contribution < -0.4 is 10.6 Å². The molecular formula is C28H35Cl2FN3+. The first-order valence-corrected chi connectivity index (χ1v) is 12.4. The molecule has 0 radical (unpaired) electrons. The Bertz CT molecular complexity index is 1110. The molecule has 3 rings (SSSR count). The molecule has 0 aliphatic heterocycles. The zero-order valence-electron chi connectivity index (χ0n) is 20.7. The highest BCUT2D eigenvalue weighted by Gasteiger charge is 2.17. The first-order chi connectivity index (χ1) is 15.9. The molecule has 0 fully saturated rings. The van der Waals surface area contributed by atoms with Crippen LogP contribution in [0.25, 0.3) is 0 Å². The first-order valence-electron chi connectivity index (χ1n) is 11.6. The van der Waals surface area contributed by atoms with Crippen LogP contribution in [-0.2, 0) is 12.0 Å². The standard InChI is InChI=1S/C28H35Cl2FN3/c1-28(2,3)21-8-11-23(12-9-21)33-26-14-10-22(31)18-27(26)32-15-6-16-34(4,5)19-20-7-13-24(29)25(30)17-20/h7-14,17-18,32-33H,6,15-16,19H2,1-5H3/q+1. The van der Waals surface area contributed by atoms with Crippen molar-refractivity contribution in [3.8, 4) is 0 Å². The topological polar surface area (TPSA) is 24.1 Å². The Morgan fingerprint density at radius 3 is 2.21 bits per heavy atom. The average molecular weight is 504 g/mol. The average Bonchev–Trinajstić information content (AvgIpc) is 2.75. The summed E-state index contributed by atoms with van der Waals surface area (Å²) in [6.07, 6.45) is 0.935. The number of benzene rings is 3. The number of rotatable bonds is 9. The van der Waals surface area contributed by atoms with Crippen molar-refractivity contribution in [3.05, 3.63) is 87.7 Å². The van der Waals surface area contributed by atoms with Gasteiger partial charge in [-0.05, 0) is 53.4 Å². The van der Waals surface area contributed by atoms with E-state index in [2.05, 4.69) is 69.8 Å². The van der Waals surface area contributed by atoms with Gasteiger partial charge in [-0.25, -0.2) is 4.39 Å². The monoisotopic (exact) mass is 502 g/mol. The van der Waals surface area contributed by atoms with Crippen LogP contribution >= 0.6 is 23.2 Å². The van der Waals surface area contributed by atoms with Crippen LogP contribution in [0.15, 0.2) is 60.7 Å². The van der Waals surface area contributed by atoms with Gasteiger partial charge < -0.3 is 15.1 Å². The molecule has 3 aromatic rings. The van der Waals surface area contributed by atoms with E-state index in [0.29, 0.717) is 10.0 Å². The van der Waals surface area contributed by atoms with E-state index >= 15 is 0 Å². The molecule has 2 N–H and O–H groups in total.